The summed E-state index contributed by atoms with van der Waals surface area (Å²) in [6.07, 6.45) is 9.80. The van der Waals surface area contributed by atoms with Crippen LogP contribution in [0.3, 0.4) is 0 Å². The molecule has 3 N–H and O–H groups in total. The Morgan fingerprint density at radius 2 is 2.05 bits per heavy atom. The van der Waals surface area contributed by atoms with E-state index in [0.717, 1.165) is 18.6 Å². The molecule has 0 amide bonds. The van der Waals surface area contributed by atoms with Crippen LogP contribution in [-0.2, 0) is 6.42 Å². The molecule has 0 saturated carbocycles. The second kappa shape index (κ2) is 4.93. The van der Waals surface area contributed by atoms with Crippen LogP contribution in [-0.4, -0.2) is 25.9 Å². The summed E-state index contributed by atoms with van der Waals surface area (Å²) in [6.45, 7) is 0.767. The number of hydrogen-bond donors (Lipinski definition) is 2. The number of fused-ring (bicyclic) bond motifs is 1. The molecule has 0 aliphatic carbocycles. The van der Waals surface area contributed by atoms with E-state index >= 15 is 0 Å². The van der Waals surface area contributed by atoms with E-state index in [9.17, 15) is 0 Å². The highest BCUT2D eigenvalue weighted by atomic mass is 15.1. The lowest BCUT2D eigenvalue weighted by Crippen LogP contribution is -2.09. The Morgan fingerprint density at radius 1 is 1.21 bits per heavy atom. The smallest absolute Gasteiger partial charge is 0.180 e. The van der Waals surface area contributed by atoms with Gasteiger partial charge in [0.15, 0.2) is 11.5 Å². The Labute approximate surface area is 110 Å². The van der Waals surface area contributed by atoms with Gasteiger partial charge in [-0.3, -0.25) is 4.98 Å². The summed E-state index contributed by atoms with van der Waals surface area (Å²) in [5.74, 6) is 1.18. The van der Waals surface area contributed by atoms with Crippen LogP contribution < -0.4 is 11.1 Å². The Balaban J connectivity index is 1.73. The topological polar surface area (TPSA) is 81.1 Å². The highest BCUT2D eigenvalue weighted by Gasteiger charge is 2.05. The number of rotatable bonds is 4. The van der Waals surface area contributed by atoms with Gasteiger partial charge in [0.25, 0.3) is 0 Å². The number of nitrogens with one attached hydrogen (secondary N) is 1. The first-order valence-electron chi connectivity index (χ1n) is 6.05. The van der Waals surface area contributed by atoms with Crippen LogP contribution in [0.1, 0.15) is 5.56 Å². The van der Waals surface area contributed by atoms with Crippen LogP contribution in [0.15, 0.2) is 43.1 Å². The van der Waals surface area contributed by atoms with Gasteiger partial charge < -0.3 is 15.5 Å². The van der Waals surface area contributed by atoms with Crippen molar-refractivity contribution in [2.45, 2.75) is 6.42 Å². The van der Waals surface area contributed by atoms with Crippen LogP contribution in [0.2, 0.25) is 0 Å². The molecule has 3 heterocycles. The van der Waals surface area contributed by atoms with Gasteiger partial charge in [-0.15, -0.1) is 0 Å². The van der Waals surface area contributed by atoms with Crippen molar-refractivity contribution in [1.82, 2.24) is 19.4 Å². The third-order valence-electron chi connectivity index (χ3n) is 2.85. The van der Waals surface area contributed by atoms with E-state index in [-0.39, 0.29) is 0 Å². The second-order valence-corrected chi connectivity index (χ2v) is 4.20. The van der Waals surface area contributed by atoms with E-state index in [0.29, 0.717) is 11.6 Å². The standard InChI is InChI=1S/C13H14N6/c14-11-9-19-8-7-17-13(19)12(18-11)16-6-3-10-1-4-15-5-2-10/h1-2,4-5,7-9H,3,6,14H2,(H,16,18). The van der Waals surface area contributed by atoms with Gasteiger partial charge in [0.2, 0.25) is 0 Å². The number of imidazole rings is 1. The van der Waals surface area contributed by atoms with Crippen molar-refractivity contribution in [3.63, 3.8) is 0 Å². The molecule has 3 rings (SSSR count). The summed E-state index contributed by atoms with van der Waals surface area (Å²) >= 11 is 0. The molecule has 0 radical (unpaired) electrons. The highest BCUT2D eigenvalue weighted by Crippen LogP contribution is 2.14. The van der Waals surface area contributed by atoms with Gasteiger partial charge >= 0.3 is 0 Å². The quantitative estimate of drug-likeness (QED) is 0.734. The summed E-state index contributed by atoms with van der Waals surface area (Å²) in [7, 11) is 0. The first-order valence-corrected chi connectivity index (χ1v) is 6.05. The molecular weight excluding hydrogens is 240 g/mol. The number of nitrogen functional groups attached to an aromatic ring is 1. The molecule has 6 heteroatoms. The molecule has 0 spiro atoms. The number of nitrogens with two attached hydrogens (primary N) is 1. The maximum absolute atomic E-state index is 5.76. The van der Waals surface area contributed by atoms with Gasteiger partial charge in [-0.05, 0) is 24.1 Å². The highest BCUT2D eigenvalue weighted by molar-refractivity contribution is 5.64. The van der Waals surface area contributed by atoms with Crippen molar-refractivity contribution in [2.75, 3.05) is 17.6 Å². The molecule has 19 heavy (non-hydrogen) atoms. The number of nitrogens with zero attached hydrogens (tertiary/aromatic N) is 4. The SMILES string of the molecule is Nc1cn2ccnc2c(NCCc2ccncc2)n1. The summed E-state index contributed by atoms with van der Waals surface area (Å²) < 4.78 is 1.86. The lowest BCUT2D eigenvalue weighted by Gasteiger charge is -2.07. The van der Waals surface area contributed by atoms with E-state index < -0.39 is 0 Å². The van der Waals surface area contributed by atoms with Crippen molar-refractivity contribution in [3.8, 4) is 0 Å². The lowest BCUT2D eigenvalue weighted by molar-refractivity contribution is 0.994. The summed E-state index contributed by atoms with van der Waals surface area (Å²) in [4.78, 5) is 12.5. The Bertz CT molecular complexity index is 676. The number of anilines is 2. The lowest BCUT2D eigenvalue weighted by atomic mass is 10.2. The van der Waals surface area contributed by atoms with Crippen molar-refractivity contribution < 1.29 is 0 Å². The molecule has 6 nitrogen and oxygen atoms in total. The zero-order valence-corrected chi connectivity index (χ0v) is 10.3. The Morgan fingerprint density at radius 3 is 2.89 bits per heavy atom. The maximum Gasteiger partial charge on any atom is 0.180 e. The van der Waals surface area contributed by atoms with Crippen molar-refractivity contribution >= 4 is 17.3 Å². The van der Waals surface area contributed by atoms with E-state index in [1.807, 2.05) is 22.7 Å². The molecule has 3 aromatic rings. The van der Waals surface area contributed by atoms with E-state index in [1.54, 1.807) is 24.8 Å². The van der Waals surface area contributed by atoms with Gasteiger partial charge in [0.1, 0.15) is 5.82 Å². The van der Waals surface area contributed by atoms with Crippen molar-refractivity contribution in [2.24, 2.45) is 0 Å². The van der Waals surface area contributed by atoms with Crippen molar-refractivity contribution in [1.29, 1.82) is 0 Å². The largest absolute Gasteiger partial charge is 0.382 e. The summed E-state index contributed by atoms with van der Waals surface area (Å²) in [6, 6.07) is 4.00. The third-order valence-corrected chi connectivity index (χ3v) is 2.85. The maximum atomic E-state index is 5.76. The molecule has 0 atom stereocenters. The first-order chi connectivity index (χ1) is 9.33. The summed E-state index contributed by atoms with van der Waals surface area (Å²) in [5.41, 5.74) is 7.77. The van der Waals surface area contributed by atoms with E-state index in [1.165, 1.54) is 5.56 Å². The Kier molecular flexibility index (Phi) is 2.97. The molecule has 3 aromatic heterocycles. The van der Waals surface area contributed by atoms with E-state index in [4.69, 9.17) is 5.73 Å². The first kappa shape index (κ1) is 11.5. The predicted molar refractivity (Wildman–Crippen MR) is 73.8 cm³/mol. The van der Waals surface area contributed by atoms with Gasteiger partial charge in [-0.1, -0.05) is 0 Å². The minimum Gasteiger partial charge on any atom is -0.382 e. The summed E-state index contributed by atoms with van der Waals surface area (Å²) in [5, 5.41) is 3.27. The van der Waals surface area contributed by atoms with Crippen LogP contribution in [0, 0.1) is 0 Å². The van der Waals surface area contributed by atoms with E-state index in [2.05, 4.69) is 20.3 Å². The molecule has 0 aliphatic heterocycles. The zero-order chi connectivity index (χ0) is 13.1. The van der Waals surface area contributed by atoms with Crippen LogP contribution in [0.5, 0.6) is 0 Å². The molecular formula is C13H14N6. The molecule has 0 aliphatic rings. The minimum absolute atomic E-state index is 0.469. The zero-order valence-electron chi connectivity index (χ0n) is 10.3. The van der Waals surface area contributed by atoms with Gasteiger partial charge in [0, 0.05) is 31.3 Å². The number of pyridine rings is 1. The normalized spacial score (nSPS) is 10.7. The fraction of sp³-hybridized carbons (Fsp3) is 0.154. The third kappa shape index (κ3) is 2.47. The van der Waals surface area contributed by atoms with Gasteiger partial charge in [-0.25, -0.2) is 9.97 Å². The average Bonchev–Trinajstić information content (AvgIpc) is 2.88. The van der Waals surface area contributed by atoms with Gasteiger partial charge in [-0.2, -0.15) is 0 Å². The van der Waals surface area contributed by atoms with Crippen LogP contribution >= 0.6 is 0 Å². The molecule has 0 saturated heterocycles. The molecule has 0 aromatic carbocycles. The molecule has 96 valence electrons. The Hall–Kier alpha value is -2.63. The fourth-order valence-corrected chi connectivity index (χ4v) is 1.94. The number of aromatic nitrogens is 4. The van der Waals surface area contributed by atoms with Gasteiger partial charge in [0.05, 0.1) is 6.20 Å². The molecule has 0 fully saturated rings. The van der Waals surface area contributed by atoms with Crippen molar-refractivity contribution in [3.05, 3.63) is 48.7 Å². The second-order valence-electron chi connectivity index (χ2n) is 4.20. The van der Waals surface area contributed by atoms with Crippen LogP contribution in [0.25, 0.3) is 5.65 Å². The number of hydrogen-bond acceptors (Lipinski definition) is 5. The molecule has 0 bridgehead atoms. The minimum atomic E-state index is 0.469. The molecule has 0 unspecified atom stereocenters. The monoisotopic (exact) mass is 254 g/mol. The van der Waals surface area contributed by atoms with Crippen LogP contribution in [0.4, 0.5) is 11.6 Å². The predicted octanol–water partition coefficient (Wildman–Crippen LogP) is 1.36. The fourth-order valence-electron chi connectivity index (χ4n) is 1.94. The average molecular weight is 254 g/mol.